The van der Waals surface area contributed by atoms with Crippen LogP contribution in [0.1, 0.15) is 16.7 Å². The first-order chi connectivity index (χ1) is 10.6. The molecule has 0 saturated heterocycles. The van der Waals surface area contributed by atoms with E-state index >= 15 is 0 Å². The number of hydrogen-bond donors (Lipinski definition) is 3. The minimum absolute atomic E-state index is 0.224. The lowest BCUT2D eigenvalue weighted by Gasteiger charge is -2.09. The first-order valence-electron chi connectivity index (χ1n) is 6.81. The summed E-state index contributed by atoms with van der Waals surface area (Å²) in [4.78, 5) is 29.7. The average molecular weight is 319 g/mol. The van der Waals surface area contributed by atoms with Gasteiger partial charge in [0.1, 0.15) is 6.61 Å². The second-order valence-electron chi connectivity index (χ2n) is 4.77. The van der Waals surface area contributed by atoms with Crippen LogP contribution in [0.25, 0.3) is 0 Å². The zero-order valence-electron chi connectivity index (χ0n) is 12.0. The molecule has 5 nitrogen and oxygen atoms in total. The van der Waals surface area contributed by atoms with E-state index in [1.165, 1.54) is 0 Å². The van der Waals surface area contributed by atoms with Crippen LogP contribution in [-0.4, -0.2) is 15.9 Å². The highest BCUT2D eigenvalue weighted by molar-refractivity contribution is 7.44. The van der Waals surface area contributed by atoms with Crippen LogP contribution in [0.5, 0.6) is 0 Å². The summed E-state index contributed by atoms with van der Waals surface area (Å²) in [7, 11) is -1.95. The smallest absolute Gasteiger partial charge is 0.407 e. The maximum absolute atomic E-state index is 11.6. The quantitative estimate of drug-likeness (QED) is 0.715. The standard InChI is InChI=1S/C16H18NO4P/c18-16(21-11-13-5-2-1-3-6-13)17-10-14-7-4-8-15(9-14)12-22(19)20/h1-9,19-20H,10-12H2,(H,17,18). The van der Waals surface area contributed by atoms with Gasteiger partial charge in [-0.15, -0.1) is 0 Å². The van der Waals surface area contributed by atoms with E-state index in [-0.39, 0.29) is 12.8 Å². The van der Waals surface area contributed by atoms with E-state index in [9.17, 15) is 4.79 Å². The molecular weight excluding hydrogens is 301 g/mol. The summed E-state index contributed by atoms with van der Waals surface area (Å²) in [5, 5.41) is 2.67. The number of benzene rings is 2. The Hall–Kier alpha value is -1.94. The van der Waals surface area contributed by atoms with Gasteiger partial charge in [-0.25, -0.2) is 4.79 Å². The molecule has 0 unspecified atom stereocenters. The summed E-state index contributed by atoms with van der Waals surface area (Å²) in [5.74, 6) is 0. The number of amides is 1. The minimum Gasteiger partial charge on any atom is -0.445 e. The van der Waals surface area contributed by atoms with Gasteiger partial charge < -0.3 is 19.8 Å². The van der Waals surface area contributed by atoms with Crippen LogP contribution in [0.2, 0.25) is 0 Å². The van der Waals surface area contributed by atoms with Crippen molar-refractivity contribution in [1.29, 1.82) is 0 Å². The second-order valence-corrected chi connectivity index (χ2v) is 5.83. The number of hydrogen-bond acceptors (Lipinski definition) is 4. The Balaban J connectivity index is 1.78. The topological polar surface area (TPSA) is 78.8 Å². The van der Waals surface area contributed by atoms with Crippen LogP contribution in [0, 0.1) is 0 Å². The molecule has 0 bridgehead atoms. The van der Waals surface area contributed by atoms with Gasteiger partial charge in [0.15, 0.2) is 8.38 Å². The van der Waals surface area contributed by atoms with E-state index < -0.39 is 14.5 Å². The number of rotatable bonds is 6. The summed E-state index contributed by atoms with van der Waals surface area (Å²) < 4.78 is 5.12. The molecule has 0 radical (unpaired) electrons. The van der Waals surface area contributed by atoms with Gasteiger partial charge >= 0.3 is 6.09 Å². The van der Waals surface area contributed by atoms with E-state index in [0.717, 1.165) is 16.7 Å². The van der Waals surface area contributed by atoms with Crippen molar-refractivity contribution in [2.75, 3.05) is 0 Å². The molecule has 0 aliphatic heterocycles. The monoisotopic (exact) mass is 319 g/mol. The zero-order chi connectivity index (χ0) is 15.8. The summed E-state index contributed by atoms with van der Waals surface area (Å²) in [6.07, 6.45) is -0.262. The highest BCUT2D eigenvalue weighted by atomic mass is 31.2. The molecule has 116 valence electrons. The third kappa shape index (κ3) is 5.82. The van der Waals surface area contributed by atoms with Gasteiger partial charge in [-0.3, -0.25) is 0 Å². The largest absolute Gasteiger partial charge is 0.445 e. The average Bonchev–Trinajstić information content (AvgIpc) is 2.52. The number of nitrogens with one attached hydrogen (secondary N) is 1. The molecule has 0 heterocycles. The van der Waals surface area contributed by atoms with Gasteiger partial charge in [-0.05, 0) is 16.7 Å². The molecule has 22 heavy (non-hydrogen) atoms. The SMILES string of the molecule is O=C(NCc1cccc(CP(O)O)c1)OCc1ccccc1. The molecule has 0 aromatic heterocycles. The van der Waals surface area contributed by atoms with Crippen molar-refractivity contribution in [3.63, 3.8) is 0 Å². The normalized spacial score (nSPS) is 10.5. The number of carbonyl (C=O) groups is 1. The summed E-state index contributed by atoms with van der Waals surface area (Å²) in [6, 6.07) is 16.8. The molecule has 2 rings (SSSR count). The Bertz CT molecular complexity index is 604. The van der Waals surface area contributed by atoms with Crippen LogP contribution in [0.4, 0.5) is 4.79 Å². The van der Waals surface area contributed by atoms with Gasteiger partial charge in [0.2, 0.25) is 0 Å². The Morgan fingerprint density at radius 3 is 2.41 bits per heavy atom. The number of carbonyl (C=O) groups excluding carboxylic acids is 1. The maximum atomic E-state index is 11.6. The highest BCUT2D eigenvalue weighted by Crippen LogP contribution is 2.29. The van der Waals surface area contributed by atoms with Gasteiger partial charge in [-0.1, -0.05) is 54.6 Å². The first-order valence-corrected chi connectivity index (χ1v) is 8.24. The van der Waals surface area contributed by atoms with Crippen LogP contribution < -0.4 is 5.32 Å². The van der Waals surface area contributed by atoms with Gasteiger partial charge in [0.25, 0.3) is 0 Å². The van der Waals surface area contributed by atoms with Crippen LogP contribution in [-0.2, 0) is 24.1 Å². The van der Waals surface area contributed by atoms with Crippen LogP contribution in [0.3, 0.4) is 0 Å². The van der Waals surface area contributed by atoms with Crippen molar-refractivity contribution in [2.45, 2.75) is 19.3 Å². The van der Waals surface area contributed by atoms with Crippen molar-refractivity contribution >= 4 is 14.5 Å². The van der Waals surface area contributed by atoms with Crippen LogP contribution in [0.15, 0.2) is 54.6 Å². The Kier molecular flexibility index (Phi) is 6.34. The fourth-order valence-electron chi connectivity index (χ4n) is 1.95. The van der Waals surface area contributed by atoms with E-state index in [2.05, 4.69) is 5.32 Å². The first kappa shape index (κ1) is 16.4. The fraction of sp³-hybridized carbons (Fsp3) is 0.188. The molecule has 0 saturated carbocycles. The molecule has 3 N–H and O–H groups in total. The van der Waals surface area contributed by atoms with E-state index in [4.69, 9.17) is 14.5 Å². The third-order valence-corrected chi connectivity index (χ3v) is 3.61. The lowest BCUT2D eigenvalue weighted by Crippen LogP contribution is -2.23. The molecule has 6 heteroatoms. The predicted octanol–water partition coefficient (Wildman–Crippen LogP) is 2.91. The molecular formula is C16H18NO4P. The van der Waals surface area contributed by atoms with Crippen molar-refractivity contribution in [2.24, 2.45) is 0 Å². The van der Waals surface area contributed by atoms with E-state index in [0.29, 0.717) is 6.54 Å². The minimum atomic E-state index is -1.95. The Morgan fingerprint density at radius 1 is 1.00 bits per heavy atom. The third-order valence-electron chi connectivity index (χ3n) is 2.96. The molecule has 0 atom stereocenters. The lowest BCUT2D eigenvalue weighted by molar-refractivity contribution is 0.139. The molecule has 2 aromatic carbocycles. The van der Waals surface area contributed by atoms with Crippen molar-refractivity contribution < 1.29 is 19.3 Å². The molecule has 0 aliphatic rings. The van der Waals surface area contributed by atoms with Crippen molar-refractivity contribution in [3.8, 4) is 0 Å². The molecule has 1 amide bonds. The predicted molar refractivity (Wildman–Crippen MR) is 85.0 cm³/mol. The zero-order valence-corrected chi connectivity index (χ0v) is 12.9. The summed E-state index contributed by atoms with van der Waals surface area (Å²) in [6.45, 7) is 0.558. The Labute approximate surface area is 130 Å². The lowest BCUT2D eigenvalue weighted by atomic mass is 10.1. The van der Waals surface area contributed by atoms with Gasteiger partial charge in [0.05, 0.1) is 0 Å². The van der Waals surface area contributed by atoms with Gasteiger partial charge in [-0.2, -0.15) is 0 Å². The van der Waals surface area contributed by atoms with E-state index in [1.54, 1.807) is 0 Å². The fourth-order valence-corrected chi connectivity index (χ4v) is 2.47. The highest BCUT2D eigenvalue weighted by Gasteiger charge is 2.05. The molecule has 0 spiro atoms. The second kappa shape index (κ2) is 8.49. The van der Waals surface area contributed by atoms with Gasteiger partial charge in [0, 0.05) is 12.7 Å². The molecule has 2 aromatic rings. The number of alkyl carbamates (subject to hydrolysis) is 1. The summed E-state index contributed by atoms with van der Waals surface area (Å²) in [5.41, 5.74) is 2.64. The molecule has 0 fully saturated rings. The van der Waals surface area contributed by atoms with Crippen molar-refractivity contribution in [3.05, 3.63) is 71.3 Å². The van der Waals surface area contributed by atoms with Crippen LogP contribution >= 0.6 is 8.38 Å². The van der Waals surface area contributed by atoms with Crippen molar-refractivity contribution in [1.82, 2.24) is 5.32 Å². The summed E-state index contributed by atoms with van der Waals surface area (Å²) >= 11 is 0. The molecule has 0 aliphatic carbocycles. The van der Waals surface area contributed by atoms with E-state index in [1.807, 2.05) is 54.6 Å². The number of ether oxygens (including phenoxy) is 1. The maximum Gasteiger partial charge on any atom is 0.407 e. The Morgan fingerprint density at radius 2 is 1.68 bits per heavy atom.